The molecule has 1 heterocycles. The van der Waals surface area contributed by atoms with Crippen molar-refractivity contribution in [3.63, 3.8) is 0 Å². The van der Waals surface area contributed by atoms with Crippen molar-refractivity contribution in [3.8, 4) is 0 Å². The highest BCUT2D eigenvalue weighted by molar-refractivity contribution is 4.87. The van der Waals surface area contributed by atoms with Crippen LogP contribution in [0.25, 0.3) is 0 Å². The molecule has 1 saturated heterocycles. The van der Waals surface area contributed by atoms with Crippen LogP contribution in [0.15, 0.2) is 0 Å². The van der Waals surface area contributed by atoms with Crippen LogP contribution in [0.5, 0.6) is 0 Å². The summed E-state index contributed by atoms with van der Waals surface area (Å²) in [4.78, 5) is 2.37. The monoisotopic (exact) mass is 182 g/mol. The third-order valence-corrected chi connectivity index (χ3v) is 3.92. The van der Waals surface area contributed by atoms with Crippen molar-refractivity contribution in [1.82, 2.24) is 4.90 Å². The first-order valence-electron chi connectivity index (χ1n) is 5.71. The fraction of sp³-hybridized carbons (Fsp3) is 1.00. The minimum Gasteiger partial charge on any atom is -0.326 e. The highest BCUT2D eigenvalue weighted by Gasteiger charge is 2.32. The van der Waals surface area contributed by atoms with Crippen LogP contribution in [0.3, 0.4) is 0 Å². The molecule has 2 rings (SSSR count). The number of nitrogens with two attached hydrogens (primary N) is 1. The maximum atomic E-state index is 6.21. The normalized spacial score (nSPS) is 38.3. The van der Waals surface area contributed by atoms with Crippen LogP contribution in [0.4, 0.5) is 0 Å². The number of piperidine rings is 1. The summed E-state index contributed by atoms with van der Waals surface area (Å²) in [5, 5.41) is 0. The Labute approximate surface area is 81.5 Å². The summed E-state index contributed by atoms with van der Waals surface area (Å²) in [6.07, 6.45) is 7.12. The zero-order chi connectivity index (χ0) is 9.26. The molecule has 1 aliphatic carbocycles. The molecular formula is C11H22N2. The smallest absolute Gasteiger partial charge is 0.0199 e. The van der Waals surface area contributed by atoms with E-state index in [1.54, 1.807) is 0 Å². The van der Waals surface area contributed by atoms with Gasteiger partial charge in [0.15, 0.2) is 0 Å². The van der Waals surface area contributed by atoms with Crippen LogP contribution in [0, 0.1) is 11.8 Å². The van der Waals surface area contributed by atoms with Gasteiger partial charge in [-0.3, -0.25) is 0 Å². The molecule has 2 heteroatoms. The number of rotatable bonds is 1. The molecule has 2 N–H and O–H groups in total. The van der Waals surface area contributed by atoms with Crippen LogP contribution < -0.4 is 5.73 Å². The Kier molecular flexibility index (Phi) is 2.89. The molecule has 2 fully saturated rings. The second-order valence-corrected chi connectivity index (χ2v) is 4.92. The lowest BCUT2D eigenvalue weighted by Crippen LogP contribution is -2.48. The zero-order valence-corrected chi connectivity index (χ0v) is 8.71. The summed E-state index contributed by atoms with van der Waals surface area (Å²) in [6.45, 7) is 2.37. The molecule has 1 aliphatic heterocycles. The van der Waals surface area contributed by atoms with Crippen LogP contribution in [0.2, 0.25) is 0 Å². The fourth-order valence-corrected chi connectivity index (χ4v) is 3.14. The lowest BCUT2D eigenvalue weighted by atomic mass is 9.80. The summed E-state index contributed by atoms with van der Waals surface area (Å²) >= 11 is 0. The van der Waals surface area contributed by atoms with E-state index in [1.165, 1.54) is 38.6 Å². The second kappa shape index (κ2) is 3.97. The van der Waals surface area contributed by atoms with E-state index in [0.717, 1.165) is 18.4 Å². The van der Waals surface area contributed by atoms with Crippen LogP contribution >= 0.6 is 0 Å². The first-order valence-corrected chi connectivity index (χ1v) is 5.71. The number of nitrogens with zero attached hydrogens (tertiary/aromatic N) is 1. The van der Waals surface area contributed by atoms with E-state index in [-0.39, 0.29) is 0 Å². The van der Waals surface area contributed by atoms with Crippen LogP contribution in [-0.4, -0.2) is 31.1 Å². The zero-order valence-electron chi connectivity index (χ0n) is 8.71. The van der Waals surface area contributed by atoms with Gasteiger partial charge in [-0.15, -0.1) is 0 Å². The predicted octanol–water partition coefficient (Wildman–Crippen LogP) is 1.46. The molecule has 13 heavy (non-hydrogen) atoms. The van der Waals surface area contributed by atoms with Crippen molar-refractivity contribution in [2.24, 2.45) is 17.6 Å². The molecule has 0 spiro atoms. The minimum atomic E-state index is 0.446. The standard InChI is InChI=1S/C11H22N2/c1-13-7-6-10(11(12)8-13)9-4-2-3-5-9/h9-11H,2-8,12H2,1H3/t10-,11+/m0/s1. The molecule has 0 aromatic heterocycles. The molecule has 2 atom stereocenters. The molecule has 0 amide bonds. The van der Waals surface area contributed by atoms with E-state index in [4.69, 9.17) is 5.73 Å². The first-order chi connectivity index (χ1) is 6.27. The average Bonchev–Trinajstić information content (AvgIpc) is 2.56. The summed E-state index contributed by atoms with van der Waals surface area (Å²) in [5.74, 6) is 1.79. The Morgan fingerprint density at radius 1 is 1.15 bits per heavy atom. The van der Waals surface area contributed by atoms with Gasteiger partial charge >= 0.3 is 0 Å². The number of likely N-dealkylation sites (tertiary alicyclic amines) is 1. The number of likely N-dealkylation sites (N-methyl/N-ethyl adjacent to an activating group) is 1. The molecule has 1 saturated carbocycles. The Morgan fingerprint density at radius 2 is 1.85 bits per heavy atom. The molecular weight excluding hydrogens is 160 g/mol. The van der Waals surface area contributed by atoms with Crippen molar-refractivity contribution >= 4 is 0 Å². The Hall–Kier alpha value is -0.0800. The van der Waals surface area contributed by atoms with Gasteiger partial charge < -0.3 is 10.6 Å². The van der Waals surface area contributed by atoms with Gasteiger partial charge in [0, 0.05) is 12.6 Å². The van der Waals surface area contributed by atoms with Gasteiger partial charge in [-0.1, -0.05) is 25.7 Å². The topological polar surface area (TPSA) is 29.3 Å². The Morgan fingerprint density at radius 3 is 2.46 bits per heavy atom. The average molecular weight is 182 g/mol. The van der Waals surface area contributed by atoms with Gasteiger partial charge in [-0.2, -0.15) is 0 Å². The Bertz CT molecular complexity index is 163. The first kappa shape index (κ1) is 9.47. The molecule has 2 nitrogen and oxygen atoms in total. The summed E-state index contributed by atoms with van der Waals surface area (Å²) in [7, 11) is 2.19. The quantitative estimate of drug-likeness (QED) is 0.665. The van der Waals surface area contributed by atoms with E-state index >= 15 is 0 Å². The molecule has 2 aliphatic rings. The van der Waals surface area contributed by atoms with Gasteiger partial charge in [-0.05, 0) is 31.8 Å². The number of hydrogen-bond donors (Lipinski definition) is 1. The van der Waals surface area contributed by atoms with Crippen LogP contribution in [-0.2, 0) is 0 Å². The second-order valence-electron chi connectivity index (χ2n) is 4.92. The third kappa shape index (κ3) is 2.05. The summed E-state index contributed by atoms with van der Waals surface area (Å²) in [6, 6.07) is 0.446. The SMILES string of the molecule is CN1CC[C@@H](C2CCCC2)[C@H](N)C1. The maximum absolute atomic E-state index is 6.21. The maximum Gasteiger partial charge on any atom is 0.0199 e. The van der Waals surface area contributed by atoms with Crippen molar-refractivity contribution in [3.05, 3.63) is 0 Å². The number of hydrogen-bond acceptors (Lipinski definition) is 2. The fourth-order valence-electron chi connectivity index (χ4n) is 3.14. The summed E-state index contributed by atoms with van der Waals surface area (Å²) < 4.78 is 0. The molecule has 0 aromatic rings. The minimum absolute atomic E-state index is 0.446. The van der Waals surface area contributed by atoms with Gasteiger partial charge in [0.25, 0.3) is 0 Å². The lowest BCUT2D eigenvalue weighted by Gasteiger charge is -2.37. The van der Waals surface area contributed by atoms with Crippen molar-refractivity contribution < 1.29 is 0 Å². The molecule has 0 radical (unpaired) electrons. The van der Waals surface area contributed by atoms with E-state index in [1.807, 2.05) is 0 Å². The van der Waals surface area contributed by atoms with Crippen molar-refractivity contribution in [2.75, 3.05) is 20.1 Å². The highest BCUT2D eigenvalue weighted by Crippen LogP contribution is 2.36. The van der Waals surface area contributed by atoms with Gasteiger partial charge in [0.2, 0.25) is 0 Å². The van der Waals surface area contributed by atoms with Crippen molar-refractivity contribution in [1.29, 1.82) is 0 Å². The molecule has 76 valence electrons. The van der Waals surface area contributed by atoms with E-state index in [2.05, 4.69) is 11.9 Å². The molecule has 0 unspecified atom stereocenters. The van der Waals surface area contributed by atoms with Gasteiger partial charge in [-0.25, -0.2) is 0 Å². The third-order valence-electron chi connectivity index (χ3n) is 3.92. The largest absolute Gasteiger partial charge is 0.326 e. The van der Waals surface area contributed by atoms with Gasteiger partial charge in [0.05, 0.1) is 0 Å². The molecule has 0 aromatic carbocycles. The lowest BCUT2D eigenvalue weighted by molar-refractivity contribution is 0.145. The molecule has 0 bridgehead atoms. The summed E-state index contributed by atoms with van der Waals surface area (Å²) in [5.41, 5.74) is 6.21. The highest BCUT2D eigenvalue weighted by atomic mass is 15.1. The Balaban J connectivity index is 1.91. The van der Waals surface area contributed by atoms with Crippen LogP contribution in [0.1, 0.15) is 32.1 Å². The van der Waals surface area contributed by atoms with E-state index < -0.39 is 0 Å². The van der Waals surface area contributed by atoms with Gasteiger partial charge in [0.1, 0.15) is 0 Å². The van der Waals surface area contributed by atoms with E-state index in [0.29, 0.717) is 6.04 Å². The van der Waals surface area contributed by atoms with Crippen molar-refractivity contribution in [2.45, 2.75) is 38.1 Å². The van der Waals surface area contributed by atoms with E-state index in [9.17, 15) is 0 Å². The predicted molar refractivity (Wildman–Crippen MR) is 55.5 cm³/mol.